The number of aliphatic hydroxyl groups is 1. The van der Waals surface area contributed by atoms with Crippen molar-refractivity contribution in [1.82, 2.24) is 29.5 Å². The largest absolute Gasteiger partial charge is 0.481 e. The van der Waals surface area contributed by atoms with E-state index in [0.29, 0.717) is 44.8 Å². The molecule has 0 spiro atoms. The number of imidazole rings is 1. The molecule has 0 aliphatic carbocycles. The lowest BCUT2D eigenvalue weighted by Gasteiger charge is -2.29. The summed E-state index contributed by atoms with van der Waals surface area (Å²) < 4.78 is 47.9. The van der Waals surface area contributed by atoms with Crippen molar-refractivity contribution in [2.24, 2.45) is 14.1 Å². The average molecular weight is 548 g/mol. The second-order valence-electron chi connectivity index (χ2n) is 9.39. The zero-order chi connectivity index (χ0) is 28.8. The number of halogens is 3. The van der Waals surface area contributed by atoms with Crippen LogP contribution in [0, 0.1) is 18.3 Å². The molecule has 1 atom stereocenters. The molecule has 1 unspecified atom stereocenters. The van der Waals surface area contributed by atoms with Crippen LogP contribution in [0.15, 0.2) is 54.9 Å². The molecule has 2 aromatic carbocycles. The second kappa shape index (κ2) is 9.77. The van der Waals surface area contributed by atoms with Gasteiger partial charge in [0.05, 0.1) is 41.8 Å². The monoisotopic (exact) mass is 547 g/mol. The smallest absolute Gasteiger partial charge is 0.416 e. The summed E-state index contributed by atoms with van der Waals surface area (Å²) in [6.07, 6.45) is -1.32. The molecule has 0 saturated heterocycles. The lowest BCUT2D eigenvalue weighted by atomic mass is 9.85. The molecule has 0 aliphatic rings. The van der Waals surface area contributed by atoms with Crippen LogP contribution in [-0.4, -0.2) is 41.7 Å². The van der Waals surface area contributed by atoms with Gasteiger partial charge in [-0.2, -0.15) is 18.4 Å². The van der Waals surface area contributed by atoms with Crippen molar-refractivity contribution < 1.29 is 23.0 Å². The van der Waals surface area contributed by atoms with Gasteiger partial charge in [-0.25, -0.2) is 14.6 Å². The zero-order valence-corrected chi connectivity index (χ0v) is 22.0. The van der Waals surface area contributed by atoms with Crippen LogP contribution in [0.2, 0.25) is 0 Å². The number of rotatable bonds is 6. The van der Waals surface area contributed by atoms with Crippen molar-refractivity contribution >= 4 is 10.9 Å². The summed E-state index contributed by atoms with van der Waals surface area (Å²) in [5, 5.41) is 31.0. The zero-order valence-electron chi connectivity index (χ0n) is 22.0. The fourth-order valence-corrected chi connectivity index (χ4v) is 4.86. The first kappa shape index (κ1) is 26.8. The molecule has 204 valence electrons. The predicted molar refractivity (Wildman–Crippen MR) is 138 cm³/mol. The number of ether oxygens (including phenoxy) is 1. The van der Waals surface area contributed by atoms with Crippen molar-refractivity contribution in [3.05, 3.63) is 99.9 Å². The first-order chi connectivity index (χ1) is 19.0. The van der Waals surface area contributed by atoms with Crippen LogP contribution >= 0.6 is 0 Å². The Hall–Kier alpha value is -4.76. The summed E-state index contributed by atoms with van der Waals surface area (Å²) in [6.45, 7) is 1.81. The number of aromatic nitrogens is 6. The van der Waals surface area contributed by atoms with E-state index in [1.54, 1.807) is 43.1 Å². The van der Waals surface area contributed by atoms with Crippen LogP contribution < -0.4 is 4.74 Å². The number of nitrogens with zero attached hydrogens (tertiary/aromatic N) is 7. The Morgan fingerprint density at radius 3 is 2.27 bits per heavy atom. The number of alkyl halides is 3. The fraction of sp³-hybridized carbons (Fsp3) is 0.250. The van der Waals surface area contributed by atoms with Crippen LogP contribution in [0.4, 0.5) is 13.2 Å². The maximum absolute atomic E-state index is 13.1. The molecule has 0 fully saturated rings. The molecule has 0 aliphatic heterocycles. The highest BCUT2D eigenvalue weighted by Crippen LogP contribution is 2.39. The molecule has 5 aromatic rings. The van der Waals surface area contributed by atoms with Gasteiger partial charge in [0, 0.05) is 31.5 Å². The fourth-order valence-electron chi connectivity index (χ4n) is 4.86. The van der Waals surface area contributed by atoms with E-state index in [1.807, 2.05) is 6.92 Å². The molecule has 12 heteroatoms. The number of hydrogen-bond acceptors (Lipinski definition) is 7. The quantitative estimate of drug-likeness (QED) is 0.339. The minimum atomic E-state index is -4.46. The Bertz CT molecular complexity index is 1770. The molecule has 5 rings (SSSR count). The van der Waals surface area contributed by atoms with Gasteiger partial charge in [-0.3, -0.25) is 0 Å². The Kier molecular flexibility index (Phi) is 6.55. The van der Waals surface area contributed by atoms with Crippen LogP contribution in [0.3, 0.4) is 0 Å². The SMILES string of the molecule is COc1nc2ccc(C(O)(c3cnnn3C)c3cnc(C)n3C)cc2c(C#N)c1Cc1ccc(C(F)(F)F)cc1. The topological polar surface area (TPSA) is 115 Å². The van der Waals surface area contributed by atoms with E-state index < -0.39 is 17.3 Å². The van der Waals surface area contributed by atoms with E-state index in [4.69, 9.17) is 4.74 Å². The van der Waals surface area contributed by atoms with Gasteiger partial charge >= 0.3 is 6.18 Å². The molecule has 1 N–H and O–H groups in total. The molecule has 0 saturated carbocycles. The van der Waals surface area contributed by atoms with Crippen LogP contribution in [0.25, 0.3) is 10.9 Å². The lowest BCUT2D eigenvalue weighted by Crippen LogP contribution is -2.33. The molecule has 0 radical (unpaired) electrons. The first-order valence-electron chi connectivity index (χ1n) is 12.1. The van der Waals surface area contributed by atoms with E-state index in [9.17, 15) is 23.5 Å². The summed E-state index contributed by atoms with van der Waals surface area (Å²) in [5.74, 6) is 0.859. The Balaban J connectivity index is 1.71. The maximum Gasteiger partial charge on any atom is 0.416 e. The molecule has 0 bridgehead atoms. The number of aryl methyl sites for hydroxylation is 2. The Labute approximate surface area is 227 Å². The molecule has 9 nitrogen and oxygen atoms in total. The lowest BCUT2D eigenvalue weighted by molar-refractivity contribution is -0.137. The standard InChI is InChI=1S/C28H24F3N7O2/c1-16-33-14-24(37(16)2)27(39,25-15-34-36-38(25)3)19-9-10-23-20(12-19)22(13-32)21(26(35-23)40-4)11-17-5-7-18(8-6-17)28(29,30)31/h5-10,12,14-15,39H,11H2,1-4H3. The highest BCUT2D eigenvalue weighted by molar-refractivity contribution is 5.88. The van der Waals surface area contributed by atoms with Gasteiger partial charge in [0.25, 0.3) is 0 Å². The number of nitriles is 1. The first-order valence-corrected chi connectivity index (χ1v) is 12.1. The predicted octanol–water partition coefficient (Wildman–Crippen LogP) is 4.18. The van der Waals surface area contributed by atoms with Gasteiger partial charge in [0.1, 0.15) is 17.6 Å². The molecule has 40 heavy (non-hydrogen) atoms. The van der Waals surface area contributed by atoms with E-state index >= 15 is 0 Å². The molecular weight excluding hydrogens is 523 g/mol. The molecular formula is C28H24F3N7O2. The van der Waals surface area contributed by atoms with Crippen LogP contribution in [-0.2, 0) is 32.3 Å². The van der Waals surface area contributed by atoms with Gasteiger partial charge in [-0.15, -0.1) is 5.10 Å². The van der Waals surface area contributed by atoms with E-state index in [-0.39, 0.29) is 17.9 Å². The third-order valence-electron chi connectivity index (χ3n) is 7.11. The second-order valence-corrected chi connectivity index (χ2v) is 9.39. The highest BCUT2D eigenvalue weighted by Gasteiger charge is 2.40. The minimum Gasteiger partial charge on any atom is -0.481 e. The van der Waals surface area contributed by atoms with E-state index in [1.165, 1.54) is 30.1 Å². The third-order valence-corrected chi connectivity index (χ3v) is 7.11. The van der Waals surface area contributed by atoms with Crippen molar-refractivity contribution in [3.8, 4) is 11.9 Å². The van der Waals surface area contributed by atoms with E-state index in [2.05, 4.69) is 26.3 Å². The van der Waals surface area contributed by atoms with E-state index in [0.717, 1.165) is 12.1 Å². The van der Waals surface area contributed by atoms with Gasteiger partial charge in [-0.1, -0.05) is 23.4 Å². The van der Waals surface area contributed by atoms with Crippen LogP contribution in [0.5, 0.6) is 5.88 Å². The van der Waals surface area contributed by atoms with Crippen molar-refractivity contribution in [2.75, 3.05) is 7.11 Å². The van der Waals surface area contributed by atoms with Gasteiger partial charge in [0.2, 0.25) is 5.88 Å². The minimum absolute atomic E-state index is 0.105. The molecule has 3 aromatic heterocycles. The van der Waals surface area contributed by atoms with Gasteiger partial charge < -0.3 is 14.4 Å². The summed E-state index contributed by atoms with van der Waals surface area (Å²) in [5.41, 5.74) is 0.369. The number of benzene rings is 2. The normalized spacial score (nSPS) is 13.3. The third kappa shape index (κ3) is 4.34. The number of pyridine rings is 1. The maximum atomic E-state index is 13.1. The number of fused-ring (bicyclic) bond motifs is 1. The van der Waals surface area contributed by atoms with Crippen molar-refractivity contribution in [3.63, 3.8) is 0 Å². The molecule has 3 heterocycles. The van der Waals surface area contributed by atoms with Crippen molar-refractivity contribution in [2.45, 2.75) is 25.1 Å². The highest BCUT2D eigenvalue weighted by atomic mass is 19.4. The van der Waals surface area contributed by atoms with Crippen molar-refractivity contribution in [1.29, 1.82) is 5.26 Å². The van der Waals surface area contributed by atoms with Gasteiger partial charge in [-0.05, 0) is 42.3 Å². The summed E-state index contributed by atoms with van der Waals surface area (Å²) >= 11 is 0. The van der Waals surface area contributed by atoms with Gasteiger partial charge in [0.15, 0.2) is 5.60 Å². The summed E-state index contributed by atoms with van der Waals surface area (Å²) in [4.78, 5) is 8.92. The summed E-state index contributed by atoms with van der Waals surface area (Å²) in [7, 11) is 4.86. The number of hydrogen-bond donors (Lipinski definition) is 1. The Morgan fingerprint density at radius 2 is 1.73 bits per heavy atom. The van der Waals surface area contributed by atoms with Crippen LogP contribution in [0.1, 0.15) is 45.0 Å². The average Bonchev–Trinajstić information content (AvgIpc) is 3.52. The molecule has 0 amide bonds. The number of methoxy groups -OCH3 is 1. The Morgan fingerprint density at radius 1 is 1.02 bits per heavy atom. The summed E-state index contributed by atoms with van der Waals surface area (Å²) in [6, 6.07) is 12.0.